The van der Waals surface area contributed by atoms with E-state index in [4.69, 9.17) is 16.3 Å². The van der Waals surface area contributed by atoms with Crippen LogP contribution in [0.2, 0.25) is 5.02 Å². The van der Waals surface area contributed by atoms with Crippen molar-refractivity contribution in [3.8, 4) is 12.1 Å². The zero-order valence-electron chi connectivity index (χ0n) is 12.0. The largest absolute Gasteiger partial charge is 0.465 e. The third-order valence-electron chi connectivity index (χ3n) is 3.71. The summed E-state index contributed by atoms with van der Waals surface area (Å²) in [6, 6.07) is 8.36. The van der Waals surface area contributed by atoms with Crippen molar-refractivity contribution in [2.75, 3.05) is 13.7 Å². The van der Waals surface area contributed by atoms with Crippen LogP contribution in [0.3, 0.4) is 0 Å². The number of carbonyl (C=O) groups excluding carboxylic acids is 2. The van der Waals surface area contributed by atoms with Gasteiger partial charge in [0.1, 0.15) is 0 Å². The Bertz CT molecular complexity index is 735. The van der Waals surface area contributed by atoms with Crippen molar-refractivity contribution in [2.24, 2.45) is 5.92 Å². The monoisotopic (exact) mass is 317 g/mol. The summed E-state index contributed by atoms with van der Waals surface area (Å²) in [6.45, 7) is 1.66. The van der Waals surface area contributed by atoms with E-state index in [0.29, 0.717) is 0 Å². The standard InChI is InChI=1S/C15H12ClN3O3/c1-3-22-14(21)10(7-17)15(8-18)9-5-4-6-11(16)12(9)13(20)19(15)2/h4-6,10H,3H2,1-2H3. The maximum atomic E-state index is 12.4. The van der Waals surface area contributed by atoms with E-state index < -0.39 is 23.3 Å². The Labute approximate surface area is 132 Å². The van der Waals surface area contributed by atoms with Gasteiger partial charge < -0.3 is 9.64 Å². The fourth-order valence-corrected chi connectivity index (χ4v) is 2.91. The fourth-order valence-electron chi connectivity index (χ4n) is 2.66. The number of hydrogen-bond acceptors (Lipinski definition) is 5. The molecule has 0 aliphatic carbocycles. The van der Waals surface area contributed by atoms with Gasteiger partial charge in [-0.1, -0.05) is 23.7 Å². The zero-order valence-corrected chi connectivity index (χ0v) is 12.7. The Hall–Kier alpha value is -2.57. The molecule has 0 radical (unpaired) electrons. The molecule has 2 unspecified atom stereocenters. The topological polar surface area (TPSA) is 94.2 Å². The molecule has 0 bridgehead atoms. The molecule has 1 heterocycles. The number of fused-ring (bicyclic) bond motifs is 1. The number of ether oxygens (including phenoxy) is 1. The Morgan fingerprint density at radius 1 is 1.50 bits per heavy atom. The van der Waals surface area contributed by atoms with Gasteiger partial charge in [-0.05, 0) is 13.0 Å². The third-order valence-corrected chi connectivity index (χ3v) is 4.03. The van der Waals surface area contributed by atoms with Gasteiger partial charge in [0.05, 0.1) is 29.3 Å². The zero-order chi connectivity index (χ0) is 16.5. The summed E-state index contributed by atoms with van der Waals surface area (Å²) in [4.78, 5) is 25.6. The third kappa shape index (κ3) is 1.93. The van der Waals surface area contributed by atoms with Gasteiger partial charge in [-0.15, -0.1) is 0 Å². The van der Waals surface area contributed by atoms with Crippen molar-refractivity contribution < 1.29 is 14.3 Å². The molecule has 1 aromatic rings. The van der Waals surface area contributed by atoms with E-state index in [-0.39, 0.29) is 22.8 Å². The molecule has 0 saturated carbocycles. The Balaban J connectivity index is 2.73. The highest BCUT2D eigenvalue weighted by Gasteiger charge is 2.57. The number of rotatable bonds is 3. The molecule has 1 aliphatic heterocycles. The van der Waals surface area contributed by atoms with Crippen LogP contribution in [0.4, 0.5) is 0 Å². The van der Waals surface area contributed by atoms with Crippen LogP contribution in [-0.2, 0) is 15.1 Å². The number of esters is 1. The minimum absolute atomic E-state index is 0.0680. The van der Waals surface area contributed by atoms with Crippen LogP contribution in [-0.4, -0.2) is 30.4 Å². The van der Waals surface area contributed by atoms with Crippen LogP contribution in [0, 0.1) is 28.6 Å². The number of nitriles is 2. The molecule has 6 nitrogen and oxygen atoms in total. The van der Waals surface area contributed by atoms with Crippen LogP contribution in [0.1, 0.15) is 22.8 Å². The van der Waals surface area contributed by atoms with Crippen LogP contribution in [0.25, 0.3) is 0 Å². The second kappa shape index (κ2) is 5.67. The quantitative estimate of drug-likeness (QED) is 0.793. The molecular formula is C15H12ClN3O3. The van der Waals surface area contributed by atoms with E-state index in [1.54, 1.807) is 19.1 Å². The fraction of sp³-hybridized carbons (Fsp3) is 0.333. The van der Waals surface area contributed by atoms with E-state index in [1.807, 2.05) is 6.07 Å². The summed E-state index contributed by atoms with van der Waals surface area (Å²) in [5, 5.41) is 19.3. The van der Waals surface area contributed by atoms with Gasteiger partial charge >= 0.3 is 5.97 Å². The van der Waals surface area contributed by atoms with Crippen molar-refractivity contribution in [1.82, 2.24) is 4.90 Å². The molecular weight excluding hydrogens is 306 g/mol. The second-order valence-corrected chi connectivity index (χ2v) is 5.13. The summed E-state index contributed by atoms with van der Waals surface area (Å²) in [7, 11) is 1.37. The number of carbonyl (C=O) groups is 2. The van der Waals surface area contributed by atoms with Gasteiger partial charge in [0.25, 0.3) is 5.91 Å². The lowest BCUT2D eigenvalue weighted by atomic mass is 9.79. The highest BCUT2D eigenvalue weighted by atomic mass is 35.5. The highest BCUT2D eigenvalue weighted by Crippen LogP contribution is 2.45. The molecule has 0 aromatic heterocycles. The van der Waals surface area contributed by atoms with Crippen molar-refractivity contribution in [1.29, 1.82) is 10.5 Å². The maximum absolute atomic E-state index is 12.4. The average Bonchev–Trinajstić information content (AvgIpc) is 2.72. The molecule has 7 heteroatoms. The Morgan fingerprint density at radius 3 is 2.73 bits per heavy atom. The first-order chi connectivity index (χ1) is 10.4. The van der Waals surface area contributed by atoms with Gasteiger partial charge in [0.15, 0.2) is 11.5 Å². The normalized spacial score (nSPS) is 20.8. The lowest BCUT2D eigenvalue weighted by Gasteiger charge is -2.32. The second-order valence-electron chi connectivity index (χ2n) is 4.72. The molecule has 0 N–H and O–H groups in total. The number of hydrogen-bond donors (Lipinski definition) is 0. The predicted octanol–water partition coefficient (Wildman–Crippen LogP) is 1.85. The number of amides is 1. The molecule has 0 saturated heterocycles. The molecule has 112 valence electrons. The first-order valence-electron chi connectivity index (χ1n) is 6.50. The Morgan fingerprint density at radius 2 is 2.18 bits per heavy atom. The average molecular weight is 318 g/mol. The van der Waals surface area contributed by atoms with Crippen LogP contribution in [0.15, 0.2) is 18.2 Å². The van der Waals surface area contributed by atoms with E-state index in [2.05, 4.69) is 0 Å². The van der Waals surface area contributed by atoms with Gasteiger partial charge in [0.2, 0.25) is 0 Å². The smallest absolute Gasteiger partial charge is 0.327 e. The summed E-state index contributed by atoms with van der Waals surface area (Å²) in [6.07, 6.45) is 0. The van der Waals surface area contributed by atoms with E-state index in [1.165, 1.54) is 19.2 Å². The van der Waals surface area contributed by atoms with Crippen molar-refractivity contribution in [3.05, 3.63) is 34.3 Å². The number of benzene rings is 1. The lowest BCUT2D eigenvalue weighted by Crippen LogP contribution is -2.48. The summed E-state index contributed by atoms with van der Waals surface area (Å²) >= 11 is 6.05. The molecule has 22 heavy (non-hydrogen) atoms. The Kier molecular flexibility index (Phi) is 4.07. The first-order valence-corrected chi connectivity index (χ1v) is 6.88. The van der Waals surface area contributed by atoms with Crippen molar-refractivity contribution >= 4 is 23.5 Å². The maximum Gasteiger partial charge on any atom is 0.327 e. The summed E-state index contributed by atoms with van der Waals surface area (Å²) in [5.74, 6) is -2.82. The van der Waals surface area contributed by atoms with Gasteiger partial charge in [-0.2, -0.15) is 10.5 Å². The molecule has 0 fully saturated rings. The molecule has 1 amide bonds. The number of nitrogens with zero attached hydrogens (tertiary/aromatic N) is 3. The van der Waals surface area contributed by atoms with Crippen LogP contribution in [0.5, 0.6) is 0 Å². The first kappa shape index (κ1) is 15.8. The van der Waals surface area contributed by atoms with Crippen molar-refractivity contribution in [2.45, 2.75) is 12.5 Å². The lowest BCUT2D eigenvalue weighted by molar-refractivity contribution is -0.149. The SMILES string of the molecule is CCOC(=O)C(C#N)C1(C#N)c2cccc(Cl)c2C(=O)N1C. The molecule has 1 aromatic carbocycles. The highest BCUT2D eigenvalue weighted by molar-refractivity contribution is 6.34. The van der Waals surface area contributed by atoms with Gasteiger partial charge in [-0.3, -0.25) is 9.59 Å². The minimum atomic E-state index is -1.75. The van der Waals surface area contributed by atoms with Gasteiger partial charge in [-0.25, -0.2) is 0 Å². The molecule has 1 aliphatic rings. The van der Waals surface area contributed by atoms with E-state index in [0.717, 1.165) is 4.90 Å². The van der Waals surface area contributed by atoms with E-state index >= 15 is 0 Å². The summed E-state index contributed by atoms with van der Waals surface area (Å²) < 4.78 is 4.88. The van der Waals surface area contributed by atoms with Gasteiger partial charge in [0, 0.05) is 12.6 Å². The van der Waals surface area contributed by atoms with Crippen LogP contribution >= 0.6 is 11.6 Å². The van der Waals surface area contributed by atoms with Crippen LogP contribution < -0.4 is 0 Å². The molecule has 2 atom stereocenters. The van der Waals surface area contributed by atoms with Crippen molar-refractivity contribution in [3.63, 3.8) is 0 Å². The predicted molar refractivity (Wildman–Crippen MR) is 76.6 cm³/mol. The molecule has 0 spiro atoms. The van der Waals surface area contributed by atoms with E-state index in [9.17, 15) is 20.1 Å². The summed E-state index contributed by atoms with van der Waals surface area (Å²) in [5.41, 5.74) is -1.37. The molecule has 2 rings (SSSR count). The number of halogens is 1. The minimum Gasteiger partial charge on any atom is -0.465 e.